The molecule has 2 heterocycles. The second-order valence-corrected chi connectivity index (χ2v) is 8.92. The van der Waals surface area contributed by atoms with E-state index >= 15 is 0 Å². The number of amides is 1. The maximum absolute atomic E-state index is 14.8. The summed E-state index contributed by atoms with van der Waals surface area (Å²) in [6.07, 6.45) is 6.81. The summed E-state index contributed by atoms with van der Waals surface area (Å²) in [6, 6.07) is 13.1. The average Bonchev–Trinajstić information content (AvgIpc) is 3.66. The second-order valence-electron chi connectivity index (χ2n) is 8.92. The van der Waals surface area contributed by atoms with Gasteiger partial charge in [0.05, 0.1) is 11.5 Å². The number of nitrogens with one attached hydrogen (secondary N) is 1. The van der Waals surface area contributed by atoms with Crippen LogP contribution in [0.1, 0.15) is 42.9 Å². The van der Waals surface area contributed by atoms with Crippen LogP contribution in [-0.4, -0.2) is 15.9 Å². The fraction of sp³-hybridized carbons (Fsp3) is 0.333. The van der Waals surface area contributed by atoms with E-state index in [1.807, 2.05) is 18.2 Å². The third-order valence-corrected chi connectivity index (χ3v) is 7.14. The first-order chi connectivity index (χ1) is 14.6. The van der Waals surface area contributed by atoms with Gasteiger partial charge in [-0.05, 0) is 66.8 Å². The number of aromatic nitrogens is 2. The zero-order valence-corrected chi connectivity index (χ0v) is 16.2. The Hall–Kier alpha value is -3.33. The van der Waals surface area contributed by atoms with Gasteiger partial charge in [0.25, 0.3) is 0 Å². The monoisotopic (exact) mass is 398 g/mol. The van der Waals surface area contributed by atoms with Gasteiger partial charge in [0.15, 0.2) is 0 Å². The van der Waals surface area contributed by atoms with Crippen LogP contribution in [0, 0.1) is 28.5 Å². The summed E-state index contributed by atoms with van der Waals surface area (Å²) in [5.41, 5.74) is 0.717. The number of pyridine rings is 2. The molecule has 6 rings (SSSR count). The van der Waals surface area contributed by atoms with Crippen LogP contribution in [0.25, 0.3) is 10.8 Å². The number of carbonyl (C=O) groups excluding carboxylic acids is 1. The van der Waals surface area contributed by atoms with E-state index in [9.17, 15) is 14.4 Å². The standard InChI is InChI=1S/C24H19FN4O/c25-19-8-15-11-28-21(29-22(30)17-10-16(17)20-3-1-2-6-27-20)9-14(15)7-18(19)24(13-26)12-23(24)4-5-23/h1-3,6-9,11,16-17H,4-5,10,12H2,(H,28,29,30). The third kappa shape index (κ3) is 2.48. The number of benzene rings is 1. The fourth-order valence-corrected chi connectivity index (χ4v) is 5.00. The first-order valence-electron chi connectivity index (χ1n) is 10.3. The van der Waals surface area contributed by atoms with Crippen molar-refractivity contribution >= 4 is 22.5 Å². The average molecular weight is 398 g/mol. The van der Waals surface area contributed by atoms with Crippen molar-refractivity contribution in [2.24, 2.45) is 11.3 Å². The summed E-state index contributed by atoms with van der Waals surface area (Å²) in [5, 5.41) is 14.1. The molecule has 0 bridgehead atoms. The minimum Gasteiger partial charge on any atom is -0.310 e. The molecule has 148 valence electrons. The molecule has 1 spiro atoms. The predicted molar refractivity (Wildman–Crippen MR) is 109 cm³/mol. The molecule has 6 heteroatoms. The molecule has 1 aromatic carbocycles. The molecule has 0 aliphatic heterocycles. The molecule has 3 atom stereocenters. The molecule has 3 aliphatic carbocycles. The summed E-state index contributed by atoms with van der Waals surface area (Å²) in [4.78, 5) is 21.3. The van der Waals surface area contributed by atoms with Gasteiger partial charge in [-0.1, -0.05) is 6.07 Å². The van der Waals surface area contributed by atoms with Gasteiger partial charge >= 0.3 is 0 Å². The van der Waals surface area contributed by atoms with E-state index in [0.29, 0.717) is 16.8 Å². The maximum atomic E-state index is 14.8. The minimum atomic E-state index is -0.693. The summed E-state index contributed by atoms with van der Waals surface area (Å²) in [7, 11) is 0. The summed E-state index contributed by atoms with van der Waals surface area (Å²) in [6.45, 7) is 0. The fourth-order valence-electron chi connectivity index (χ4n) is 5.00. The zero-order valence-electron chi connectivity index (χ0n) is 16.2. The third-order valence-electron chi connectivity index (χ3n) is 7.14. The normalized spacial score (nSPS) is 27.5. The van der Waals surface area contributed by atoms with E-state index in [2.05, 4.69) is 21.4 Å². The van der Waals surface area contributed by atoms with Crippen molar-refractivity contribution in [2.45, 2.75) is 37.0 Å². The van der Waals surface area contributed by atoms with Crippen molar-refractivity contribution in [3.8, 4) is 6.07 Å². The SMILES string of the molecule is N#CC1(c2cc3cc(NC(=O)C4CC4c4ccccn4)ncc3cc2F)CC12CC2. The first kappa shape index (κ1) is 17.5. The van der Waals surface area contributed by atoms with Crippen LogP contribution >= 0.6 is 0 Å². The van der Waals surface area contributed by atoms with E-state index in [0.717, 1.165) is 36.8 Å². The Morgan fingerprint density at radius 3 is 2.77 bits per heavy atom. The van der Waals surface area contributed by atoms with Crippen molar-refractivity contribution in [3.63, 3.8) is 0 Å². The van der Waals surface area contributed by atoms with Crippen LogP contribution < -0.4 is 5.32 Å². The largest absolute Gasteiger partial charge is 0.310 e. The van der Waals surface area contributed by atoms with Crippen LogP contribution in [0.4, 0.5) is 10.2 Å². The van der Waals surface area contributed by atoms with Crippen molar-refractivity contribution in [3.05, 3.63) is 65.9 Å². The number of rotatable bonds is 4. The summed E-state index contributed by atoms with van der Waals surface area (Å²) in [5.74, 6) is 0.0615. The van der Waals surface area contributed by atoms with Crippen molar-refractivity contribution in [1.29, 1.82) is 5.26 Å². The maximum Gasteiger partial charge on any atom is 0.229 e. The molecule has 2 aromatic heterocycles. The molecule has 5 nitrogen and oxygen atoms in total. The number of nitrogens with zero attached hydrogens (tertiary/aromatic N) is 3. The number of carbonyl (C=O) groups is 1. The highest BCUT2D eigenvalue weighted by Gasteiger charge is 2.76. The molecule has 1 N–H and O–H groups in total. The smallest absolute Gasteiger partial charge is 0.229 e. The predicted octanol–water partition coefficient (Wildman–Crippen LogP) is 4.46. The van der Waals surface area contributed by atoms with E-state index in [1.165, 1.54) is 6.07 Å². The van der Waals surface area contributed by atoms with Gasteiger partial charge in [-0.15, -0.1) is 0 Å². The number of nitriles is 1. The van der Waals surface area contributed by atoms with Crippen molar-refractivity contribution in [1.82, 2.24) is 9.97 Å². The number of hydrogen-bond acceptors (Lipinski definition) is 4. The van der Waals surface area contributed by atoms with E-state index in [-0.39, 0.29) is 29.0 Å². The first-order valence-corrected chi connectivity index (χ1v) is 10.3. The molecule has 0 radical (unpaired) electrons. The zero-order chi connectivity index (χ0) is 20.5. The highest BCUT2D eigenvalue weighted by molar-refractivity contribution is 5.96. The lowest BCUT2D eigenvalue weighted by Gasteiger charge is -2.12. The Morgan fingerprint density at radius 1 is 1.20 bits per heavy atom. The van der Waals surface area contributed by atoms with E-state index in [1.54, 1.807) is 24.5 Å². The lowest BCUT2D eigenvalue weighted by atomic mass is 9.91. The number of anilines is 1. The Bertz CT molecular complexity index is 1250. The molecule has 3 aromatic rings. The molecular formula is C24H19FN4O. The highest BCUT2D eigenvalue weighted by atomic mass is 19.1. The van der Waals surface area contributed by atoms with Crippen LogP contribution in [0.15, 0.2) is 48.8 Å². The molecular weight excluding hydrogens is 379 g/mol. The molecule has 3 unspecified atom stereocenters. The highest BCUT2D eigenvalue weighted by Crippen LogP contribution is 2.78. The van der Waals surface area contributed by atoms with Crippen LogP contribution in [-0.2, 0) is 10.2 Å². The van der Waals surface area contributed by atoms with Gasteiger partial charge in [-0.25, -0.2) is 9.37 Å². The Morgan fingerprint density at radius 2 is 2.07 bits per heavy atom. The van der Waals surface area contributed by atoms with Crippen molar-refractivity contribution in [2.75, 3.05) is 5.32 Å². The quantitative estimate of drug-likeness (QED) is 0.704. The summed E-state index contributed by atoms with van der Waals surface area (Å²) >= 11 is 0. The number of halogens is 1. The van der Waals surface area contributed by atoms with Crippen molar-refractivity contribution < 1.29 is 9.18 Å². The summed E-state index contributed by atoms with van der Waals surface area (Å²) < 4.78 is 14.8. The van der Waals surface area contributed by atoms with Gasteiger partial charge < -0.3 is 5.32 Å². The minimum absolute atomic E-state index is 0.00714. The topological polar surface area (TPSA) is 78.7 Å². The van der Waals surface area contributed by atoms with Gasteiger partial charge in [0, 0.05) is 40.9 Å². The van der Waals surface area contributed by atoms with Gasteiger partial charge in [-0.3, -0.25) is 9.78 Å². The van der Waals surface area contributed by atoms with E-state index in [4.69, 9.17) is 0 Å². The number of hydrogen-bond donors (Lipinski definition) is 1. The van der Waals surface area contributed by atoms with Gasteiger partial charge in [0.2, 0.25) is 5.91 Å². The Kier molecular flexibility index (Phi) is 3.42. The molecule has 3 fully saturated rings. The lowest BCUT2D eigenvalue weighted by molar-refractivity contribution is -0.117. The Labute approximate surface area is 173 Å². The van der Waals surface area contributed by atoms with Gasteiger partial charge in [-0.2, -0.15) is 5.26 Å². The lowest BCUT2D eigenvalue weighted by Crippen LogP contribution is -2.15. The number of fused-ring (bicyclic) bond motifs is 1. The molecule has 3 aliphatic rings. The van der Waals surface area contributed by atoms with Crippen LogP contribution in [0.2, 0.25) is 0 Å². The molecule has 1 amide bonds. The van der Waals surface area contributed by atoms with E-state index < -0.39 is 5.41 Å². The molecule has 30 heavy (non-hydrogen) atoms. The van der Waals surface area contributed by atoms with Crippen LogP contribution in [0.3, 0.4) is 0 Å². The molecule has 0 saturated heterocycles. The van der Waals surface area contributed by atoms with Crippen LogP contribution in [0.5, 0.6) is 0 Å². The second kappa shape index (κ2) is 5.85. The van der Waals surface area contributed by atoms with Gasteiger partial charge in [0.1, 0.15) is 11.6 Å². The Balaban J connectivity index is 1.26. The molecule has 3 saturated carbocycles.